The van der Waals surface area contributed by atoms with Crippen LogP contribution in [0.4, 0.5) is 0 Å². The summed E-state index contributed by atoms with van der Waals surface area (Å²) in [7, 11) is 9.91. The van der Waals surface area contributed by atoms with Crippen LogP contribution in [0.1, 0.15) is 58.9 Å². The predicted molar refractivity (Wildman–Crippen MR) is 191 cm³/mol. The van der Waals surface area contributed by atoms with E-state index in [9.17, 15) is 24.6 Å². The van der Waals surface area contributed by atoms with Crippen molar-refractivity contribution in [3.8, 4) is 67.9 Å². The Balaban J connectivity index is 2.41. The van der Waals surface area contributed by atoms with Crippen LogP contribution in [-0.2, 0) is 4.74 Å². The Morgan fingerprint density at radius 2 is 0.882 bits per heavy atom. The second-order valence-electron chi connectivity index (χ2n) is 11.7. The number of hydrogen-bond acceptors (Lipinski definition) is 10. The summed E-state index contributed by atoms with van der Waals surface area (Å²) < 4.78 is 39.3. The minimum absolute atomic E-state index is 0.0431. The molecule has 4 aromatic rings. The number of carbonyl (C=O) groups excluding carboxylic acids is 1. The second-order valence-corrected chi connectivity index (χ2v) is 11.7. The number of hydrogen-bond donors (Lipinski definition) is 2. The van der Waals surface area contributed by atoms with Gasteiger partial charge in [0, 0.05) is 34.4 Å². The van der Waals surface area contributed by atoms with Gasteiger partial charge >= 0.3 is 17.9 Å². The molecule has 0 aliphatic heterocycles. The lowest BCUT2D eigenvalue weighted by Crippen LogP contribution is -2.11. The number of benzene rings is 4. The first-order chi connectivity index (χ1) is 24.2. The minimum atomic E-state index is -1.22. The van der Waals surface area contributed by atoms with E-state index in [1.807, 2.05) is 20.8 Å². The van der Waals surface area contributed by atoms with E-state index in [2.05, 4.69) is 0 Å². The molecule has 270 valence electrons. The molecule has 4 rings (SSSR count). The summed E-state index contributed by atoms with van der Waals surface area (Å²) in [6, 6.07) is 6.19. The third kappa shape index (κ3) is 6.22. The average molecular weight is 703 g/mol. The number of carbonyl (C=O) groups is 3. The molecule has 0 spiro atoms. The molecule has 0 atom stereocenters. The van der Waals surface area contributed by atoms with Crippen LogP contribution in [0, 0.1) is 34.6 Å². The van der Waals surface area contributed by atoms with E-state index in [4.69, 9.17) is 33.2 Å². The molecular weight excluding hydrogens is 660 g/mol. The van der Waals surface area contributed by atoms with Crippen molar-refractivity contribution >= 4 is 17.9 Å². The maximum absolute atomic E-state index is 13.0. The first-order valence-electron chi connectivity index (χ1n) is 15.7. The van der Waals surface area contributed by atoms with E-state index in [0.29, 0.717) is 78.4 Å². The Kier molecular flexibility index (Phi) is 11.1. The van der Waals surface area contributed by atoms with Crippen LogP contribution in [0.2, 0.25) is 0 Å². The van der Waals surface area contributed by atoms with Gasteiger partial charge in [0.05, 0.1) is 49.8 Å². The van der Waals surface area contributed by atoms with Crippen molar-refractivity contribution in [3.05, 3.63) is 68.8 Å². The van der Waals surface area contributed by atoms with Gasteiger partial charge in [0.2, 0.25) is 0 Å². The standard InChI is InChI=1S/C39H42O12/c1-17-30(22-13-24(37(40)41)28(47-8)15-26(22)45-6)18(2)32(33-20(4)34(38(42)43)36(50-11)21(5)35(33)49-10)19(3)31(17)23-14-25(39(44)51-12)29(48-9)16-27(23)46-7/h13-16H,1-12H3,(H,40,41)(H,42,43). The number of aromatic carboxylic acids is 2. The fourth-order valence-corrected chi connectivity index (χ4v) is 7.04. The molecule has 12 heteroatoms. The zero-order chi connectivity index (χ0) is 38.1. The van der Waals surface area contributed by atoms with Gasteiger partial charge < -0.3 is 43.4 Å². The van der Waals surface area contributed by atoms with Gasteiger partial charge in [-0.1, -0.05) is 0 Å². The van der Waals surface area contributed by atoms with Crippen molar-refractivity contribution in [2.24, 2.45) is 0 Å². The predicted octanol–water partition coefficient (Wildman–Crippen LogP) is 7.46. The second kappa shape index (κ2) is 14.9. The van der Waals surface area contributed by atoms with Crippen molar-refractivity contribution in [2.75, 3.05) is 49.8 Å². The summed E-state index contributed by atoms with van der Waals surface area (Å²) in [5.74, 6) is -1.51. The maximum atomic E-state index is 13.0. The van der Waals surface area contributed by atoms with Gasteiger partial charge in [0.1, 0.15) is 51.2 Å². The molecule has 0 unspecified atom stereocenters. The lowest BCUT2D eigenvalue weighted by Gasteiger charge is -2.28. The highest BCUT2D eigenvalue weighted by Crippen LogP contribution is 2.53. The fraction of sp³-hybridized carbons (Fsp3) is 0.308. The fourth-order valence-electron chi connectivity index (χ4n) is 7.04. The molecule has 0 saturated heterocycles. The summed E-state index contributed by atoms with van der Waals surface area (Å²) >= 11 is 0. The van der Waals surface area contributed by atoms with Crippen molar-refractivity contribution in [1.82, 2.24) is 0 Å². The van der Waals surface area contributed by atoms with E-state index in [1.165, 1.54) is 61.9 Å². The van der Waals surface area contributed by atoms with Crippen LogP contribution in [-0.4, -0.2) is 77.9 Å². The van der Waals surface area contributed by atoms with Gasteiger partial charge in [0.25, 0.3) is 0 Å². The Morgan fingerprint density at radius 1 is 0.451 bits per heavy atom. The third-order valence-corrected chi connectivity index (χ3v) is 9.23. The Labute approximate surface area is 296 Å². The summed E-state index contributed by atoms with van der Waals surface area (Å²) in [5.41, 5.74) is 6.03. The highest BCUT2D eigenvalue weighted by atomic mass is 16.5. The Morgan fingerprint density at radius 3 is 1.27 bits per heavy atom. The van der Waals surface area contributed by atoms with E-state index < -0.39 is 17.9 Å². The first-order valence-corrected chi connectivity index (χ1v) is 15.7. The third-order valence-electron chi connectivity index (χ3n) is 9.23. The number of rotatable bonds is 12. The topological polar surface area (TPSA) is 156 Å². The number of esters is 1. The van der Waals surface area contributed by atoms with Crippen LogP contribution in [0.5, 0.6) is 34.5 Å². The van der Waals surface area contributed by atoms with Gasteiger partial charge in [0.15, 0.2) is 0 Å². The number of ether oxygens (including phenoxy) is 7. The average Bonchev–Trinajstić information content (AvgIpc) is 3.11. The molecule has 0 bridgehead atoms. The normalized spacial score (nSPS) is 10.7. The van der Waals surface area contributed by atoms with E-state index in [-0.39, 0.29) is 33.9 Å². The molecule has 0 fully saturated rings. The summed E-state index contributed by atoms with van der Waals surface area (Å²) in [4.78, 5) is 38.3. The van der Waals surface area contributed by atoms with Crippen LogP contribution >= 0.6 is 0 Å². The molecule has 51 heavy (non-hydrogen) atoms. The maximum Gasteiger partial charge on any atom is 0.341 e. The van der Waals surface area contributed by atoms with Crippen molar-refractivity contribution < 1.29 is 57.8 Å². The quantitative estimate of drug-likeness (QED) is 0.141. The highest BCUT2D eigenvalue weighted by Gasteiger charge is 2.32. The molecule has 0 aliphatic carbocycles. The van der Waals surface area contributed by atoms with Gasteiger partial charge in [-0.3, -0.25) is 0 Å². The van der Waals surface area contributed by atoms with E-state index in [1.54, 1.807) is 26.0 Å². The molecule has 0 aromatic heterocycles. The SMILES string of the molecule is COC(=O)c1cc(-c2c(C)c(-c3cc(C(=O)O)c(OC)cc3OC)c(C)c(-c3c(C)c(C(=O)O)c(OC)c(C)c3OC)c2C)c(OC)cc1OC. The molecule has 2 N–H and O–H groups in total. The summed E-state index contributed by atoms with van der Waals surface area (Å²) in [5, 5.41) is 20.6. The number of carboxylic acids is 2. The van der Waals surface area contributed by atoms with Crippen LogP contribution in [0.25, 0.3) is 33.4 Å². The van der Waals surface area contributed by atoms with Crippen molar-refractivity contribution in [3.63, 3.8) is 0 Å². The number of carboxylic acid groups (broad SMARTS) is 2. The van der Waals surface area contributed by atoms with Crippen LogP contribution in [0.3, 0.4) is 0 Å². The van der Waals surface area contributed by atoms with Gasteiger partial charge in [-0.25, -0.2) is 14.4 Å². The van der Waals surface area contributed by atoms with Gasteiger partial charge in [-0.2, -0.15) is 0 Å². The zero-order valence-electron chi connectivity index (χ0n) is 30.8. The molecular formula is C39H42O12. The van der Waals surface area contributed by atoms with Gasteiger partial charge in [-0.05, 0) is 85.7 Å². The Hall–Kier alpha value is -5.91. The first kappa shape index (κ1) is 37.9. The molecule has 0 heterocycles. The van der Waals surface area contributed by atoms with Crippen LogP contribution < -0.4 is 28.4 Å². The summed E-state index contributed by atoms with van der Waals surface area (Å²) in [6.45, 7) is 9.01. The summed E-state index contributed by atoms with van der Waals surface area (Å²) in [6.07, 6.45) is 0. The van der Waals surface area contributed by atoms with Crippen molar-refractivity contribution in [2.45, 2.75) is 34.6 Å². The minimum Gasteiger partial charge on any atom is -0.496 e. The molecule has 0 aliphatic rings. The lowest BCUT2D eigenvalue weighted by molar-refractivity contribution is 0.0595. The molecule has 0 saturated carbocycles. The lowest BCUT2D eigenvalue weighted by atomic mass is 9.78. The van der Waals surface area contributed by atoms with E-state index >= 15 is 0 Å². The molecule has 12 nitrogen and oxygen atoms in total. The van der Waals surface area contributed by atoms with Crippen molar-refractivity contribution in [1.29, 1.82) is 0 Å². The largest absolute Gasteiger partial charge is 0.496 e. The molecule has 4 aromatic carbocycles. The van der Waals surface area contributed by atoms with Crippen LogP contribution in [0.15, 0.2) is 24.3 Å². The monoisotopic (exact) mass is 702 g/mol. The molecule has 0 radical (unpaired) electrons. The Bertz CT molecular complexity index is 2080. The zero-order valence-corrected chi connectivity index (χ0v) is 30.8. The smallest absolute Gasteiger partial charge is 0.341 e. The van der Waals surface area contributed by atoms with Gasteiger partial charge in [-0.15, -0.1) is 0 Å². The van der Waals surface area contributed by atoms with E-state index in [0.717, 1.165) is 0 Å². The number of methoxy groups -OCH3 is 7. The molecule has 0 amide bonds. The highest BCUT2D eigenvalue weighted by molar-refractivity contribution is 6.03.